The Bertz CT molecular complexity index is 357. The first-order chi connectivity index (χ1) is 8.89. The Morgan fingerprint density at radius 1 is 1.16 bits per heavy atom. The van der Waals surface area contributed by atoms with Gasteiger partial charge >= 0.3 is 0 Å². The molecule has 1 atom stereocenters. The van der Waals surface area contributed by atoms with Gasteiger partial charge in [0, 0.05) is 0 Å². The molecule has 2 heteroatoms. The Hall–Kier alpha value is -0.520. The minimum Gasteiger partial charge on any atom is -0.357 e. The molecule has 2 rings (SSSR count). The summed E-state index contributed by atoms with van der Waals surface area (Å²) in [5.74, 6) is 7.66. The third-order valence-corrected chi connectivity index (χ3v) is 4.47. The highest BCUT2D eigenvalue weighted by Crippen LogP contribution is 2.34. The molecule has 0 amide bonds. The summed E-state index contributed by atoms with van der Waals surface area (Å²) >= 11 is 0. The van der Waals surface area contributed by atoms with Gasteiger partial charge in [-0.05, 0) is 71.9 Å². The summed E-state index contributed by atoms with van der Waals surface area (Å²) in [7, 11) is 0. The Morgan fingerprint density at radius 3 is 2.47 bits per heavy atom. The number of piperidine rings is 1. The van der Waals surface area contributed by atoms with E-state index in [0.717, 1.165) is 25.3 Å². The van der Waals surface area contributed by atoms with E-state index in [2.05, 4.69) is 44.4 Å². The van der Waals surface area contributed by atoms with Crippen molar-refractivity contribution in [2.24, 2.45) is 5.92 Å². The quantitative estimate of drug-likeness (QED) is 0.672. The Balaban J connectivity index is 1.85. The number of rotatable bonds is 1. The van der Waals surface area contributed by atoms with Crippen LogP contribution < -0.4 is 0 Å². The number of nitrogens with zero attached hydrogens (tertiary/aromatic N) is 1. The third-order valence-electron chi connectivity index (χ3n) is 4.47. The van der Waals surface area contributed by atoms with Crippen LogP contribution in [-0.2, 0) is 4.74 Å². The monoisotopic (exact) mass is 263 g/mol. The summed E-state index contributed by atoms with van der Waals surface area (Å²) < 4.78 is 6.18. The van der Waals surface area contributed by atoms with E-state index >= 15 is 0 Å². The first-order valence-electron chi connectivity index (χ1n) is 7.81. The molecule has 0 aliphatic carbocycles. The molecular weight excluding hydrogens is 234 g/mol. The molecule has 0 spiro atoms. The predicted octanol–water partition coefficient (Wildman–Crippen LogP) is 3.46. The highest BCUT2D eigenvalue weighted by atomic mass is 16.5. The summed E-state index contributed by atoms with van der Waals surface area (Å²) in [6.45, 7) is 12.2. The number of hydrogen-bond donors (Lipinski definition) is 0. The molecule has 2 aliphatic heterocycles. The maximum absolute atomic E-state index is 6.18. The van der Waals surface area contributed by atoms with Crippen LogP contribution in [0.1, 0.15) is 59.8 Å². The molecule has 0 saturated carbocycles. The molecule has 19 heavy (non-hydrogen) atoms. The van der Waals surface area contributed by atoms with Crippen LogP contribution in [0.3, 0.4) is 0 Å². The maximum Gasteiger partial charge on any atom is 0.126 e. The van der Waals surface area contributed by atoms with Crippen LogP contribution in [0, 0.1) is 17.8 Å². The first kappa shape index (κ1) is 14.9. The van der Waals surface area contributed by atoms with Gasteiger partial charge in [0.1, 0.15) is 5.60 Å². The first-order valence-corrected chi connectivity index (χ1v) is 7.81. The van der Waals surface area contributed by atoms with Gasteiger partial charge in [-0.15, -0.1) is 0 Å². The molecule has 2 fully saturated rings. The SMILES string of the molecule is CC1CCN(CC#C[C@@]2(C)CCCC(C)(C)O2)CC1. The Kier molecular flexibility index (Phi) is 4.58. The lowest BCUT2D eigenvalue weighted by Gasteiger charge is -2.40. The average Bonchev–Trinajstić information content (AvgIpc) is 2.30. The van der Waals surface area contributed by atoms with Crippen molar-refractivity contribution >= 4 is 0 Å². The fourth-order valence-corrected chi connectivity index (χ4v) is 3.21. The van der Waals surface area contributed by atoms with Crippen LogP contribution in [-0.4, -0.2) is 35.7 Å². The van der Waals surface area contributed by atoms with Crippen molar-refractivity contribution in [2.75, 3.05) is 19.6 Å². The summed E-state index contributed by atoms with van der Waals surface area (Å²) in [4.78, 5) is 2.48. The van der Waals surface area contributed by atoms with Crippen LogP contribution in [0.5, 0.6) is 0 Å². The van der Waals surface area contributed by atoms with Crippen LogP contribution in [0.2, 0.25) is 0 Å². The second-order valence-corrected chi connectivity index (χ2v) is 7.21. The Morgan fingerprint density at radius 2 is 1.84 bits per heavy atom. The molecule has 2 nitrogen and oxygen atoms in total. The lowest BCUT2D eigenvalue weighted by atomic mass is 9.88. The number of ether oxygens (including phenoxy) is 1. The van der Waals surface area contributed by atoms with E-state index in [9.17, 15) is 0 Å². The van der Waals surface area contributed by atoms with E-state index in [1.165, 1.54) is 32.4 Å². The van der Waals surface area contributed by atoms with Gasteiger partial charge in [0.05, 0.1) is 12.1 Å². The van der Waals surface area contributed by atoms with Crippen molar-refractivity contribution in [3.63, 3.8) is 0 Å². The second kappa shape index (κ2) is 5.85. The van der Waals surface area contributed by atoms with Crippen molar-refractivity contribution in [1.82, 2.24) is 4.90 Å². The van der Waals surface area contributed by atoms with Crippen LogP contribution in [0.15, 0.2) is 0 Å². The van der Waals surface area contributed by atoms with Gasteiger partial charge in [0.2, 0.25) is 0 Å². The van der Waals surface area contributed by atoms with Crippen molar-refractivity contribution < 1.29 is 4.74 Å². The molecule has 0 N–H and O–H groups in total. The van der Waals surface area contributed by atoms with Gasteiger partial charge in [-0.25, -0.2) is 0 Å². The highest BCUT2D eigenvalue weighted by molar-refractivity contribution is 5.15. The Labute approximate surface area is 118 Å². The van der Waals surface area contributed by atoms with E-state index < -0.39 is 0 Å². The van der Waals surface area contributed by atoms with E-state index in [0.29, 0.717) is 0 Å². The van der Waals surface area contributed by atoms with E-state index in [4.69, 9.17) is 4.74 Å². The molecule has 2 aliphatic rings. The maximum atomic E-state index is 6.18. The molecule has 0 aromatic rings. The van der Waals surface area contributed by atoms with Gasteiger partial charge in [-0.1, -0.05) is 18.8 Å². The van der Waals surface area contributed by atoms with Crippen molar-refractivity contribution in [1.29, 1.82) is 0 Å². The zero-order valence-corrected chi connectivity index (χ0v) is 13.1. The van der Waals surface area contributed by atoms with Crippen LogP contribution in [0.4, 0.5) is 0 Å². The molecular formula is C17H29NO. The zero-order valence-electron chi connectivity index (χ0n) is 13.1. The largest absolute Gasteiger partial charge is 0.357 e. The summed E-state index contributed by atoms with van der Waals surface area (Å²) in [5, 5.41) is 0. The van der Waals surface area contributed by atoms with Gasteiger partial charge in [-0.3, -0.25) is 4.90 Å². The molecule has 0 radical (unpaired) electrons. The van der Waals surface area contributed by atoms with Crippen molar-refractivity contribution in [2.45, 2.75) is 71.0 Å². The van der Waals surface area contributed by atoms with Crippen LogP contribution >= 0.6 is 0 Å². The van der Waals surface area contributed by atoms with Gasteiger partial charge in [0.15, 0.2) is 0 Å². The van der Waals surface area contributed by atoms with Gasteiger partial charge in [0.25, 0.3) is 0 Å². The lowest BCUT2D eigenvalue weighted by molar-refractivity contribution is -0.135. The normalized spacial score (nSPS) is 32.6. The minimum atomic E-state index is -0.231. The number of hydrogen-bond acceptors (Lipinski definition) is 2. The molecule has 2 saturated heterocycles. The zero-order chi connectivity index (χ0) is 13.9. The van der Waals surface area contributed by atoms with Crippen molar-refractivity contribution in [3.05, 3.63) is 0 Å². The fourth-order valence-electron chi connectivity index (χ4n) is 3.21. The minimum absolute atomic E-state index is 0.0117. The highest BCUT2D eigenvalue weighted by Gasteiger charge is 2.35. The number of likely N-dealkylation sites (tertiary alicyclic amines) is 1. The lowest BCUT2D eigenvalue weighted by Crippen LogP contribution is -2.42. The summed E-state index contributed by atoms with van der Waals surface area (Å²) in [6, 6.07) is 0. The second-order valence-electron chi connectivity index (χ2n) is 7.21. The standard InChI is InChI=1S/C17H29NO/c1-15-7-13-18(14-8-15)12-6-11-17(4)10-5-9-16(2,3)19-17/h15H,5,7-10,12-14H2,1-4H3/t17-/m1/s1. The van der Waals surface area contributed by atoms with E-state index in [1.807, 2.05) is 0 Å². The molecule has 0 bridgehead atoms. The molecule has 2 heterocycles. The van der Waals surface area contributed by atoms with Crippen molar-refractivity contribution in [3.8, 4) is 11.8 Å². The van der Waals surface area contributed by atoms with Gasteiger partial charge < -0.3 is 4.74 Å². The summed E-state index contributed by atoms with van der Waals surface area (Å²) in [6.07, 6.45) is 6.08. The molecule has 0 unspecified atom stereocenters. The van der Waals surface area contributed by atoms with Gasteiger partial charge in [-0.2, -0.15) is 0 Å². The topological polar surface area (TPSA) is 12.5 Å². The summed E-state index contributed by atoms with van der Waals surface area (Å²) in [5.41, 5.74) is -0.243. The smallest absolute Gasteiger partial charge is 0.126 e. The average molecular weight is 263 g/mol. The van der Waals surface area contributed by atoms with E-state index in [1.54, 1.807) is 0 Å². The molecule has 0 aromatic carbocycles. The van der Waals surface area contributed by atoms with Crippen LogP contribution in [0.25, 0.3) is 0 Å². The molecule has 108 valence electrons. The fraction of sp³-hybridized carbons (Fsp3) is 0.882. The third kappa shape index (κ3) is 4.51. The molecule has 0 aromatic heterocycles. The predicted molar refractivity (Wildman–Crippen MR) is 80.0 cm³/mol. The van der Waals surface area contributed by atoms with E-state index in [-0.39, 0.29) is 11.2 Å².